The Morgan fingerprint density at radius 3 is 2.75 bits per heavy atom. The van der Waals surface area contributed by atoms with E-state index in [0.29, 0.717) is 0 Å². The van der Waals surface area contributed by atoms with E-state index in [4.69, 9.17) is 4.74 Å². The van der Waals surface area contributed by atoms with Gasteiger partial charge in [-0.15, -0.1) is 0 Å². The molecular weight excluding hydrogens is 200 g/mol. The van der Waals surface area contributed by atoms with Gasteiger partial charge in [0.1, 0.15) is 0 Å². The van der Waals surface area contributed by atoms with Crippen LogP contribution in [0.3, 0.4) is 0 Å². The predicted molar refractivity (Wildman–Crippen MR) is 66.7 cm³/mol. The molecular formula is C13H26N2O. The fourth-order valence-electron chi connectivity index (χ4n) is 3.19. The Morgan fingerprint density at radius 2 is 2.19 bits per heavy atom. The summed E-state index contributed by atoms with van der Waals surface area (Å²) in [6, 6.07) is 1.65. The molecule has 3 unspecified atom stereocenters. The highest BCUT2D eigenvalue weighted by molar-refractivity contribution is 4.98. The van der Waals surface area contributed by atoms with Gasteiger partial charge in [-0.2, -0.15) is 0 Å². The molecule has 2 saturated heterocycles. The smallest absolute Gasteiger partial charge is 0.0593 e. The van der Waals surface area contributed by atoms with Gasteiger partial charge in [0.2, 0.25) is 0 Å². The summed E-state index contributed by atoms with van der Waals surface area (Å²) in [5, 5.41) is 3.72. The average Bonchev–Trinajstić information content (AvgIpc) is 2.89. The summed E-state index contributed by atoms with van der Waals surface area (Å²) in [7, 11) is 0. The van der Waals surface area contributed by atoms with Crippen LogP contribution in [-0.4, -0.2) is 49.8 Å². The summed E-state index contributed by atoms with van der Waals surface area (Å²) < 4.78 is 5.43. The van der Waals surface area contributed by atoms with Crippen molar-refractivity contribution in [2.75, 3.05) is 32.8 Å². The molecule has 2 rings (SSSR count). The second-order valence-electron chi connectivity index (χ2n) is 5.13. The molecule has 0 aromatic rings. The van der Waals surface area contributed by atoms with Gasteiger partial charge in [0, 0.05) is 31.8 Å². The van der Waals surface area contributed by atoms with Crippen LogP contribution >= 0.6 is 0 Å². The summed E-state index contributed by atoms with van der Waals surface area (Å²) in [6.45, 7) is 9.56. The molecule has 1 N–H and O–H groups in total. The number of nitrogens with zero attached hydrogens (tertiary/aromatic N) is 1. The standard InChI is InChI=1S/C13H26N2O/c1-3-15(7-8-16-4-2)10-11-9-12-5-6-13(11)14-12/h11-14H,3-10H2,1-2H3. The zero-order chi connectivity index (χ0) is 11.4. The molecule has 0 saturated carbocycles. The highest BCUT2D eigenvalue weighted by atomic mass is 16.5. The molecule has 3 heteroatoms. The molecule has 0 amide bonds. The van der Waals surface area contributed by atoms with E-state index in [0.717, 1.165) is 44.3 Å². The lowest BCUT2D eigenvalue weighted by atomic mass is 9.89. The van der Waals surface area contributed by atoms with E-state index < -0.39 is 0 Å². The highest BCUT2D eigenvalue weighted by Crippen LogP contribution is 2.33. The van der Waals surface area contributed by atoms with Crippen molar-refractivity contribution >= 4 is 0 Å². The average molecular weight is 226 g/mol. The maximum absolute atomic E-state index is 5.43. The molecule has 2 bridgehead atoms. The minimum Gasteiger partial charge on any atom is -0.380 e. The summed E-state index contributed by atoms with van der Waals surface area (Å²) in [4.78, 5) is 2.54. The summed E-state index contributed by atoms with van der Waals surface area (Å²) in [5.41, 5.74) is 0. The Bertz CT molecular complexity index is 210. The number of rotatable bonds is 7. The van der Waals surface area contributed by atoms with E-state index in [1.165, 1.54) is 25.8 Å². The minimum atomic E-state index is 0.811. The zero-order valence-electron chi connectivity index (χ0n) is 10.7. The van der Waals surface area contributed by atoms with Gasteiger partial charge in [0.15, 0.2) is 0 Å². The highest BCUT2D eigenvalue weighted by Gasteiger charge is 2.39. The molecule has 0 spiro atoms. The molecule has 0 radical (unpaired) electrons. The molecule has 0 aromatic heterocycles. The molecule has 3 nitrogen and oxygen atoms in total. The third-order valence-corrected chi connectivity index (χ3v) is 4.13. The first-order valence-electron chi connectivity index (χ1n) is 6.89. The van der Waals surface area contributed by atoms with Crippen LogP contribution in [0.1, 0.15) is 33.1 Å². The Balaban J connectivity index is 1.70. The van der Waals surface area contributed by atoms with Crippen molar-refractivity contribution in [2.45, 2.75) is 45.2 Å². The fourth-order valence-corrected chi connectivity index (χ4v) is 3.19. The minimum absolute atomic E-state index is 0.811. The number of nitrogens with one attached hydrogen (secondary N) is 1. The number of hydrogen-bond acceptors (Lipinski definition) is 3. The van der Waals surface area contributed by atoms with Gasteiger partial charge in [0.05, 0.1) is 6.61 Å². The van der Waals surface area contributed by atoms with E-state index >= 15 is 0 Å². The summed E-state index contributed by atoms with van der Waals surface area (Å²) >= 11 is 0. The maximum Gasteiger partial charge on any atom is 0.0593 e. The Labute approximate surface area is 99.5 Å². The molecule has 2 fully saturated rings. The Hall–Kier alpha value is -0.120. The summed E-state index contributed by atoms with van der Waals surface area (Å²) in [6.07, 6.45) is 4.21. The first kappa shape index (κ1) is 12.3. The van der Waals surface area contributed by atoms with E-state index in [9.17, 15) is 0 Å². The van der Waals surface area contributed by atoms with Crippen LogP contribution in [0.2, 0.25) is 0 Å². The van der Waals surface area contributed by atoms with Crippen molar-refractivity contribution in [1.82, 2.24) is 10.2 Å². The Kier molecular flexibility index (Phi) is 4.62. The quantitative estimate of drug-likeness (QED) is 0.666. The van der Waals surface area contributed by atoms with E-state index in [2.05, 4.69) is 24.1 Å². The van der Waals surface area contributed by atoms with Crippen LogP contribution in [0, 0.1) is 5.92 Å². The van der Waals surface area contributed by atoms with Gasteiger partial charge in [0.25, 0.3) is 0 Å². The van der Waals surface area contributed by atoms with Crippen molar-refractivity contribution in [3.63, 3.8) is 0 Å². The van der Waals surface area contributed by atoms with Crippen molar-refractivity contribution in [3.05, 3.63) is 0 Å². The SMILES string of the molecule is CCOCCN(CC)CC1CC2CCC1N2. The van der Waals surface area contributed by atoms with Gasteiger partial charge < -0.3 is 15.0 Å². The monoisotopic (exact) mass is 226 g/mol. The van der Waals surface area contributed by atoms with Gasteiger partial charge in [-0.25, -0.2) is 0 Å². The number of ether oxygens (including phenoxy) is 1. The largest absolute Gasteiger partial charge is 0.380 e. The molecule has 3 atom stereocenters. The van der Waals surface area contributed by atoms with Crippen molar-refractivity contribution < 1.29 is 4.74 Å². The number of likely N-dealkylation sites (N-methyl/N-ethyl adjacent to an activating group) is 1. The lowest BCUT2D eigenvalue weighted by molar-refractivity contribution is 0.106. The van der Waals surface area contributed by atoms with Crippen LogP contribution in [0.4, 0.5) is 0 Å². The first-order chi connectivity index (χ1) is 7.83. The molecule has 2 aliphatic heterocycles. The van der Waals surface area contributed by atoms with Crippen molar-refractivity contribution in [3.8, 4) is 0 Å². The molecule has 94 valence electrons. The van der Waals surface area contributed by atoms with Crippen LogP contribution in [0.25, 0.3) is 0 Å². The molecule has 2 aliphatic rings. The predicted octanol–water partition coefficient (Wildman–Crippen LogP) is 1.49. The van der Waals surface area contributed by atoms with Crippen LogP contribution < -0.4 is 5.32 Å². The van der Waals surface area contributed by atoms with Crippen LogP contribution in [0.5, 0.6) is 0 Å². The first-order valence-corrected chi connectivity index (χ1v) is 6.89. The fraction of sp³-hybridized carbons (Fsp3) is 1.00. The maximum atomic E-state index is 5.43. The molecule has 16 heavy (non-hydrogen) atoms. The third-order valence-electron chi connectivity index (χ3n) is 4.13. The van der Waals surface area contributed by atoms with Gasteiger partial charge in [-0.05, 0) is 38.6 Å². The van der Waals surface area contributed by atoms with E-state index in [-0.39, 0.29) is 0 Å². The molecule has 2 heterocycles. The lowest BCUT2D eigenvalue weighted by Gasteiger charge is -2.28. The van der Waals surface area contributed by atoms with Gasteiger partial charge >= 0.3 is 0 Å². The summed E-state index contributed by atoms with van der Waals surface area (Å²) in [5.74, 6) is 0.889. The Morgan fingerprint density at radius 1 is 1.31 bits per heavy atom. The van der Waals surface area contributed by atoms with Crippen molar-refractivity contribution in [2.24, 2.45) is 5.92 Å². The number of hydrogen-bond donors (Lipinski definition) is 1. The van der Waals surface area contributed by atoms with E-state index in [1.807, 2.05) is 0 Å². The molecule has 0 aromatic carbocycles. The second-order valence-corrected chi connectivity index (χ2v) is 5.13. The second kappa shape index (κ2) is 5.99. The molecule has 0 aliphatic carbocycles. The zero-order valence-corrected chi connectivity index (χ0v) is 10.7. The van der Waals surface area contributed by atoms with Crippen molar-refractivity contribution in [1.29, 1.82) is 0 Å². The number of fused-ring (bicyclic) bond motifs is 2. The third kappa shape index (κ3) is 2.96. The van der Waals surface area contributed by atoms with Gasteiger partial charge in [-0.3, -0.25) is 0 Å². The van der Waals surface area contributed by atoms with Gasteiger partial charge in [-0.1, -0.05) is 6.92 Å². The van der Waals surface area contributed by atoms with Crippen LogP contribution in [0.15, 0.2) is 0 Å². The van der Waals surface area contributed by atoms with Crippen LogP contribution in [-0.2, 0) is 4.74 Å². The normalized spacial score (nSPS) is 32.8. The van der Waals surface area contributed by atoms with E-state index in [1.54, 1.807) is 0 Å². The topological polar surface area (TPSA) is 24.5 Å². The lowest BCUT2D eigenvalue weighted by Crippen LogP contribution is -2.37.